The van der Waals surface area contributed by atoms with Gasteiger partial charge in [0.15, 0.2) is 0 Å². The van der Waals surface area contributed by atoms with Gasteiger partial charge >= 0.3 is 7.82 Å². The number of unbranched alkanes of at least 4 members (excludes halogenated alkanes) is 32. The van der Waals surface area contributed by atoms with Gasteiger partial charge in [-0.3, -0.25) is 13.8 Å². The smallest absolute Gasteiger partial charge is 0.391 e. The van der Waals surface area contributed by atoms with Crippen LogP contribution in [-0.4, -0.2) is 73.4 Å². The summed E-state index contributed by atoms with van der Waals surface area (Å²) in [5.41, 5.74) is 0. The molecule has 3 atom stereocenters. The molecule has 0 aliphatic heterocycles. The van der Waals surface area contributed by atoms with Crippen LogP contribution in [0.2, 0.25) is 0 Å². The molecule has 0 aliphatic rings. The molecule has 0 bridgehead atoms. The van der Waals surface area contributed by atoms with Crippen molar-refractivity contribution in [3.05, 3.63) is 24.3 Å². The highest BCUT2D eigenvalue weighted by Crippen LogP contribution is 2.43. The van der Waals surface area contributed by atoms with E-state index in [2.05, 4.69) is 43.5 Å². The number of aliphatic hydroxyl groups is 1. The Balaban J connectivity index is 4.23. The molecule has 62 heavy (non-hydrogen) atoms. The lowest BCUT2D eigenvalue weighted by Crippen LogP contribution is -2.46. The van der Waals surface area contributed by atoms with E-state index in [1.807, 2.05) is 21.1 Å². The number of phosphoric acid groups is 1. The van der Waals surface area contributed by atoms with Gasteiger partial charge in [0.05, 0.1) is 39.9 Å². The highest BCUT2D eigenvalue weighted by molar-refractivity contribution is 7.47. The zero-order valence-corrected chi connectivity index (χ0v) is 42.8. The van der Waals surface area contributed by atoms with Crippen LogP contribution in [0.3, 0.4) is 0 Å². The van der Waals surface area contributed by atoms with Gasteiger partial charge in [0.25, 0.3) is 0 Å². The number of nitrogens with zero attached hydrogens (tertiary/aromatic N) is 1. The fourth-order valence-electron chi connectivity index (χ4n) is 7.96. The maximum Gasteiger partial charge on any atom is 0.472 e. The number of allylic oxidation sites excluding steroid dienone is 4. The van der Waals surface area contributed by atoms with Crippen LogP contribution in [0.15, 0.2) is 24.3 Å². The van der Waals surface area contributed by atoms with Crippen molar-refractivity contribution in [3.8, 4) is 0 Å². The third-order valence-corrected chi connectivity index (χ3v) is 13.2. The van der Waals surface area contributed by atoms with Crippen LogP contribution < -0.4 is 5.32 Å². The highest BCUT2D eigenvalue weighted by atomic mass is 31.2. The first-order valence-electron chi connectivity index (χ1n) is 26.7. The van der Waals surface area contributed by atoms with E-state index >= 15 is 0 Å². The molecule has 8 nitrogen and oxygen atoms in total. The van der Waals surface area contributed by atoms with Crippen molar-refractivity contribution in [2.24, 2.45) is 0 Å². The molecule has 0 spiro atoms. The maximum absolute atomic E-state index is 13.0. The third kappa shape index (κ3) is 47.0. The molecule has 368 valence electrons. The van der Waals surface area contributed by atoms with Crippen molar-refractivity contribution in [2.75, 3.05) is 40.9 Å². The van der Waals surface area contributed by atoms with E-state index < -0.39 is 20.0 Å². The Morgan fingerprint density at radius 1 is 0.548 bits per heavy atom. The third-order valence-electron chi connectivity index (χ3n) is 12.2. The number of nitrogens with one attached hydrogen (secondary N) is 1. The molecule has 0 rings (SSSR count). The van der Waals surface area contributed by atoms with Crippen molar-refractivity contribution in [1.29, 1.82) is 0 Å². The van der Waals surface area contributed by atoms with Gasteiger partial charge in [-0.05, 0) is 44.9 Å². The normalized spacial score (nSPS) is 14.2. The standard InChI is InChI=1S/C53H105N2O6P/c1-6-8-10-12-14-16-18-20-22-24-25-26-27-28-29-31-33-35-37-39-41-43-45-47-53(57)54-51(50-61-62(58,59)60-49-48-55(3,4)5)52(56)46-44-42-40-38-36-34-32-30-23-21-19-17-15-13-11-9-7-2/h25-26,28-29,51-52,56H,6-24,27,30-50H2,1-5H3,(H-,54,57,58,59)/p+1/b26-25-,29-28-. The van der Waals surface area contributed by atoms with Crippen molar-refractivity contribution in [3.63, 3.8) is 0 Å². The molecule has 0 aromatic heterocycles. The van der Waals surface area contributed by atoms with Gasteiger partial charge in [0.1, 0.15) is 13.2 Å². The molecule has 0 heterocycles. The molecular formula is C53H106N2O6P+. The zero-order valence-electron chi connectivity index (χ0n) is 41.9. The van der Waals surface area contributed by atoms with Gasteiger partial charge < -0.3 is 19.8 Å². The number of rotatable bonds is 49. The lowest BCUT2D eigenvalue weighted by Gasteiger charge is -2.26. The summed E-state index contributed by atoms with van der Waals surface area (Å²) < 4.78 is 23.7. The van der Waals surface area contributed by atoms with E-state index in [1.54, 1.807) is 0 Å². The van der Waals surface area contributed by atoms with E-state index in [0.29, 0.717) is 23.9 Å². The van der Waals surface area contributed by atoms with Gasteiger partial charge in [-0.1, -0.05) is 231 Å². The topological polar surface area (TPSA) is 105 Å². The number of aliphatic hydroxyl groups excluding tert-OH is 1. The Kier molecular flexibility index (Phi) is 44.4. The van der Waals surface area contributed by atoms with Crippen LogP contribution >= 0.6 is 7.82 Å². The van der Waals surface area contributed by atoms with E-state index in [4.69, 9.17) is 9.05 Å². The molecule has 0 saturated carbocycles. The summed E-state index contributed by atoms with van der Waals surface area (Å²) in [5, 5.41) is 14.0. The quantitative estimate of drug-likeness (QED) is 0.0243. The number of likely N-dealkylation sites (N-methyl/N-ethyl adjacent to an activating group) is 1. The number of hydrogen-bond donors (Lipinski definition) is 3. The monoisotopic (exact) mass is 898 g/mol. The summed E-state index contributed by atoms with van der Waals surface area (Å²) in [5.74, 6) is -0.149. The average molecular weight is 898 g/mol. The Labute approximate surface area is 385 Å². The van der Waals surface area contributed by atoms with E-state index in [9.17, 15) is 19.4 Å². The Hall–Kier alpha value is -1.02. The van der Waals surface area contributed by atoms with E-state index in [0.717, 1.165) is 51.4 Å². The largest absolute Gasteiger partial charge is 0.472 e. The molecule has 0 fully saturated rings. The molecule has 1 amide bonds. The van der Waals surface area contributed by atoms with E-state index in [-0.39, 0.29) is 19.1 Å². The lowest BCUT2D eigenvalue weighted by atomic mass is 10.0. The van der Waals surface area contributed by atoms with Crippen LogP contribution in [0.5, 0.6) is 0 Å². The minimum Gasteiger partial charge on any atom is -0.391 e. The molecule has 0 saturated heterocycles. The summed E-state index contributed by atoms with van der Waals surface area (Å²) in [6.07, 6.45) is 55.0. The van der Waals surface area contributed by atoms with Crippen LogP contribution in [0.25, 0.3) is 0 Å². The summed E-state index contributed by atoms with van der Waals surface area (Å²) in [6.45, 7) is 4.91. The predicted molar refractivity (Wildman–Crippen MR) is 268 cm³/mol. The maximum atomic E-state index is 13.0. The highest BCUT2D eigenvalue weighted by Gasteiger charge is 2.28. The SMILES string of the molecule is CCCCCCCCCCC/C=C\C/C=C\CCCCCCCCCC(=O)NC(COP(=O)(O)OCC[N+](C)(C)C)C(O)CCCCCCCCCCCCCCCCCCC. The summed E-state index contributed by atoms with van der Waals surface area (Å²) in [6, 6.07) is -0.763. The molecule has 9 heteroatoms. The number of quaternary nitrogens is 1. The Morgan fingerprint density at radius 2 is 0.919 bits per heavy atom. The van der Waals surface area contributed by atoms with Crippen molar-refractivity contribution in [2.45, 2.75) is 270 Å². The second kappa shape index (κ2) is 45.1. The second-order valence-corrected chi connectivity index (χ2v) is 21.1. The van der Waals surface area contributed by atoms with Gasteiger partial charge in [0, 0.05) is 6.42 Å². The van der Waals surface area contributed by atoms with Crippen molar-refractivity contribution in [1.82, 2.24) is 5.32 Å². The van der Waals surface area contributed by atoms with Gasteiger partial charge in [-0.2, -0.15) is 0 Å². The van der Waals surface area contributed by atoms with Gasteiger partial charge in [-0.15, -0.1) is 0 Å². The molecule has 3 N–H and O–H groups in total. The average Bonchev–Trinajstić information content (AvgIpc) is 3.23. The van der Waals surface area contributed by atoms with Crippen molar-refractivity contribution >= 4 is 13.7 Å². The minimum absolute atomic E-state index is 0.0739. The van der Waals surface area contributed by atoms with Gasteiger partial charge in [0.2, 0.25) is 5.91 Å². The minimum atomic E-state index is -4.32. The first kappa shape index (κ1) is 61.0. The predicted octanol–water partition coefficient (Wildman–Crippen LogP) is 15.6. The molecule has 0 radical (unpaired) electrons. The van der Waals surface area contributed by atoms with Crippen LogP contribution in [0, 0.1) is 0 Å². The lowest BCUT2D eigenvalue weighted by molar-refractivity contribution is -0.870. The summed E-state index contributed by atoms with van der Waals surface area (Å²) >= 11 is 0. The molecule has 0 aliphatic carbocycles. The van der Waals surface area contributed by atoms with Crippen LogP contribution in [0.4, 0.5) is 0 Å². The number of amides is 1. The number of carbonyl (C=O) groups is 1. The Morgan fingerprint density at radius 3 is 1.32 bits per heavy atom. The summed E-state index contributed by atoms with van der Waals surface area (Å²) in [7, 11) is 1.62. The molecule has 0 aromatic rings. The Bertz CT molecular complexity index is 1060. The van der Waals surface area contributed by atoms with Gasteiger partial charge in [-0.25, -0.2) is 4.57 Å². The van der Waals surface area contributed by atoms with Crippen LogP contribution in [-0.2, 0) is 18.4 Å². The number of hydrogen-bond acceptors (Lipinski definition) is 5. The molecular weight excluding hydrogens is 792 g/mol. The number of phosphoric ester groups is 1. The first-order valence-corrected chi connectivity index (χ1v) is 28.2. The molecule has 3 unspecified atom stereocenters. The fraction of sp³-hybridized carbons (Fsp3) is 0.906. The molecule has 0 aromatic carbocycles. The second-order valence-electron chi connectivity index (χ2n) is 19.6. The van der Waals surface area contributed by atoms with Crippen molar-refractivity contribution < 1.29 is 32.9 Å². The fourth-order valence-corrected chi connectivity index (χ4v) is 8.70. The zero-order chi connectivity index (χ0) is 45.7. The first-order chi connectivity index (χ1) is 30.0. The van der Waals surface area contributed by atoms with E-state index in [1.165, 1.54) is 180 Å². The van der Waals surface area contributed by atoms with Crippen LogP contribution in [0.1, 0.15) is 258 Å². The summed E-state index contributed by atoms with van der Waals surface area (Å²) in [4.78, 5) is 23.3. The number of carbonyl (C=O) groups excluding carboxylic acids is 1.